The first-order valence-corrected chi connectivity index (χ1v) is 14.9. The Kier molecular flexibility index (Phi) is 9.12. The van der Waals surface area contributed by atoms with E-state index in [4.69, 9.17) is 4.74 Å². The van der Waals surface area contributed by atoms with Crippen LogP contribution in [0.1, 0.15) is 80.8 Å². The molecule has 13 heteroatoms. The number of nitrogens with zero attached hydrogens (tertiary/aromatic N) is 4. The zero-order chi connectivity index (χ0) is 31.5. The number of aromatic amines is 1. The van der Waals surface area contributed by atoms with Gasteiger partial charge in [-0.05, 0) is 96.9 Å². The second-order valence-corrected chi connectivity index (χ2v) is 12.8. The van der Waals surface area contributed by atoms with Gasteiger partial charge in [0.05, 0.1) is 12.2 Å². The largest absolute Gasteiger partial charge is 0.493 e. The van der Waals surface area contributed by atoms with E-state index < -0.39 is 23.7 Å². The van der Waals surface area contributed by atoms with Gasteiger partial charge in [-0.2, -0.15) is 18.4 Å². The van der Waals surface area contributed by atoms with E-state index in [0.29, 0.717) is 17.4 Å². The molecule has 5 rings (SSSR count). The number of carbonyl (C=O) groups is 2. The lowest BCUT2D eigenvalue weighted by Gasteiger charge is -2.41. The monoisotopic (exact) mass is 613 g/mol. The minimum atomic E-state index is -4.64. The predicted molar refractivity (Wildman–Crippen MR) is 158 cm³/mol. The Balaban J connectivity index is 1.32. The zero-order valence-electron chi connectivity index (χ0n) is 25.1. The maximum Gasteiger partial charge on any atom is 0.420 e. The van der Waals surface area contributed by atoms with Gasteiger partial charge in [0.15, 0.2) is 0 Å². The number of H-pyrrole nitrogens is 1. The second-order valence-electron chi connectivity index (χ2n) is 12.8. The molecule has 0 saturated heterocycles. The number of urea groups is 1. The highest BCUT2D eigenvalue weighted by Crippen LogP contribution is 2.41. The van der Waals surface area contributed by atoms with Crippen molar-refractivity contribution in [3.63, 3.8) is 0 Å². The summed E-state index contributed by atoms with van der Waals surface area (Å²) in [5, 5.41) is 18.3. The van der Waals surface area contributed by atoms with Gasteiger partial charge in [0.2, 0.25) is 0 Å². The number of hydrogen-bond acceptors (Lipinski definition) is 6. The Morgan fingerprint density at radius 2 is 1.68 bits per heavy atom. The summed E-state index contributed by atoms with van der Waals surface area (Å²) in [5.74, 6) is 0.203. The summed E-state index contributed by atoms with van der Waals surface area (Å²) >= 11 is 0. The molecule has 0 aliphatic heterocycles. The molecule has 2 aliphatic carbocycles. The SMILES string of the molecule is CC(C)(C)C1CCC(N(Cc2ccc(C(=O)Nc3nn[nH]n3)cc2)C(=O)Nc2ccc(OCC3CC3)c(C(F)(F)F)c2)CC1. The second kappa shape index (κ2) is 12.8. The van der Waals surface area contributed by atoms with E-state index in [1.807, 2.05) is 0 Å². The van der Waals surface area contributed by atoms with Crippen LogP contribution in [-0.2, 0) is 12.7 Å². The number of nitrogens with one attached hydrogen (secondary N) is 3. The molecule has 236 valence electrons. The molecule has 1 aromatic heterocycles. The van der Waals surface area contributed by atoms with Crippen LogP contribution < -0.4 is 15.4 Å². The van der Waals surface area contributed by atoms with Crippen LogP contribution in [0.2, 0.25) is 0 Å². The molecule has 3 amide bonds. The quantitative estimate of drug-likeness (QED) is 0.241. The maximum absolute atomic E-state index is 13.9. The minimum absolute atomic E-state index is 0.0444. The van der Waals surface area contributed by atoms with Crippen molar-refractivity contribution in [3.8, 4) is 5.75 Å². The summed E-state index contributed by atoms with van der Waals surface area (Å²) in [6.07, 6.45) is 0.724. The van der Waals surface area contributed by atoms with Crippen LogP contribution in [-0.4, -0.2) is 50.1 Å². The minimum Gasteiger partial charge on any atom is -0.493 e. The maximum atomic E-state index is 13.9. The summed E-state index contributed by atoms with van der Waals surface area (Å²) in [4.78, 5) is 27.9. The molecule has 0 unspecified atom stereocenters. The lowest BCUT2D eigenvalue weighted by Crippen LogP contribution is -2.45. The summed E-state index contributed by atoms with van der Waals surface area (Å²) in [6, 6.07) is 9.84. The third-order valence-corrected chi connectivity index (χ3v) is 8.47. The number of aromatic nitrogens is 4. The number of hydrogen-bond donors (Lipinski definition) is 3. The zero-order valence-corrected chi connectivity index (χ0v) is 25.1. The van der Waals surface area contributed by atoms with E-state index in [1.165, 1.54) is 12.1 Å². The highest BCUT2D eigenvalue weighted by molar-refractivity contribution is 6.03. The Bertz CT molecular complexity index is 1430. The van der Waals surface area contributed by atoms with Crippen molar-refractivity contribution in [1.29, 1.82) is 0 Å². The van der Waals surface area contributed by atoms with Gasteiger partial charge >= 0.3 is 12.2 Å². The van der Waals surface area contributed by atoms with Gasteiger partial charge in [-0.3, -0.25) is 10.1 Å². The first-order chi connectivity index (χ1) is 20.9. The molecule has 0 atom stereocenters. The van der Waals surface area contributed by atoms with Gasteiger partial charge in [0.1, 0.15) is 5.75 Å². The number of halogens is 3. The van der Waals surface area contributed by atoms with E-state index in [1.54, 1.807) is 29.2 Å². The molecule has 2 aliphatic rings. The van der Waals surface area contributed by atoms with Gasteiger partial charge in [0, 0.05) is 23.8 Å². The topological polar surface area (TPSA) is 125 Å². The number of tetrazole rings is 1. The summed E-state index contributed by atoms with van der Waals surface area (Å²) in [6.45, 7) is 7.12. The molecule has 2 saturated carbocycles. The molecule has 1 heterocycles. The lowest BCUT2D eigenvalue weighted by atomic mass is 9.71. The Morgan fingerprint density at radius 3 is 2.27 bits per heavy atom. The highest BCUT2D eigenvalue weighted by Gasteiger charge is 2.37. The van der Waals surface area contributed by atoms with Crippen LogP contribution in [0.5, 0.6) is 5.75 Å². The Labute approximate surface area is 254 Å². The molecule has 0 spiro atoms. The predicted octanol–water partition coefficient (Wildman–Crippen LogP) is 6.90. The molecule has 3 N–H and O–H groups in total. The standard InChI is InChI=1S/C31H38F3N7O3/c1-30(2,3)22-10-13-24(14-11-22)41(17-19-6-8-21(9-7-19)27(42)36-28-37-39-40-38-28)29(43)35-23-12-15-26(44-18-20-4-5-20)25(16-23)31(32,33)34/h6-9,12,15-16,20,22,24H,4-5,10-11,13-14,17-18H2,1-3H3,(H,35,43)(H2,36,37,38,39,40,42). The van der Waals surface area contributed by atoms with Crippen molar-refractivity contribution in [2.24, 2.45) is 17.3 Å². The van der Waals surface area contributed by atoms with Gasteiger partial charge < -0.3 is 15.0 Å². The van der Waals surface area contributed by atoms with Crippen molar-refractivity contribution >= 4 is 23.6 Å². The third-order valence-electron chi connectivity index (χ3n) is 8.47. The summed E-state index contributed by atoms with van der Waals surface area (Å²) in [5.41, 5.74) is 0.413. The van der Waals surface area contributed by atoms with Crippen molar-refractivity contribution < 1.29 is 27.5 Å². The average Bonchev–Trinajstić information content (AvgIpc) is 3.67. The van der Waals surface area contributed by atoms with E-state index in [-0.39, 0.29) is 42.0 Å². The van der Waals surface area contributed by atoms with Gasteiger partial charge in [-0.25, -0.2) is 4.79 Å². The van der Waals surface area contributed by atoms with Crippen LogP contribution in [0.3, 0.4) is 0 Å². The van der Waals surface area contributed by atoms with Gasteiger partial charge in [-0.15, -0.1) is 5.10 Å². The summed E-state index contributed by atoms with van der Waals surface area (Å²) < 4.78 is 47.3. The van der Waals surface area contributed by atoms with E-state index >= 15 is 0 Å². The fraction of sp³-hybridized carbons (Fsp3) is 0.516. The van der Waals surface area contributed by atoms with E-state index in [2.05, 4.69) is 52.0 Å². The van der Waals surface area contributed by atoms with Crippen LogP contribution >= 0.6 is 0 Å². The molecule has 2 aromatic carbocycles. The lowest BCUT2D eigenvalue weighted by molar-refractivity contribution is -0.138. The normalized spacial score (nSPS) is 18.9. The number of amides is 3. The Hall–Kier alpha value is -4.16. The van der Waals surface area contributed by atoms with Crippen LogP contribution in [0.4, 0.5) is 29.6 Å². The first-order valence-electron chi connectivity index (χ1n) is 14.9. The van der Waals surface area contributed by atoms with E-state index in [9.17, 15) is 22.8 Å². The molecular weight excluding hydrogens is 575 g/mol. The molecule has 44 heavy (non-hydrogen) atoms. The number of anilines is 2. The number of alkyl halides is 3. The van der Waals surface area contributed by atoms with Crippen LogP contribution in [0.15, 0.2) is 42.5 Å². The number of rotatable bonds is 9. The molecule has 2 fully saturated rings. The smallest absolute Gasteiger partial charge is 0.420 e. The molecular formula is C31H38F3N7O3. The first kappa shape index (κ1) is 31.3. The van der Waals surface area contributed by atoms with Crippen molar-refractivity contribution in [2.45, 2.75) is 78.1 Å². The number of ether oxygens (including phenoxy) is 1. The average molecular weight is 614 g/mol. The third kappa shape index (κ3) is 8.06. The number of carbonyl (C=O) groups excluding carboxylic acids is 2. The number of benzene rings is 2. The molecule has 3 aromatic rings. The molecule has 0 bridgehead atoms. The van der Waals surface area contributed by atoms with E-state index in [0.717, 1.165) is 50.2 Å². The molecule has 10 nitrogen and oxygen atoms in total. The van der Waals surface area contributed by atoms with Crippen molar-refractivity contribution in [2.75, 3.05) is 17.2 Å². The molecule has 0 radical (unpaired) electrons. The van der Waals surface area contributed by atoms with Crippen molar-refractivity contribution in [1.82, 2.24) is 25.5 Å². The summed E-state index contributed by atoms with van der Waals surface area (Å²) in [7, 11) is 0. The fourth-order valence-corrected chi connectivity index (χ4v) is 5.61. The highest BCUT2D eigenvalue weighted by atomic mass is 19.4. The fourth-order valence-electron chi connectivity index (χ4n) is 5.61. The van der Waals surface area contributed by atoms with Crippen LogP contribution in [0.25, 0.3) is 0 Å². The Morgan fingerprint density at radius 1 is 0.977 bits per heavy atom. The van der Waals surface area contributed by atoms with Crippen molar-refractivity contribution in [3.05, 3.63) is 59.2 Å². The van der Waals surface area contributed by atoms with Gasteiger partial charge in [-0.1, -0.05) is 38.0 Å². The van der Waals surface area contributed by atoms with Gasteiger partial charge in [0.25, 0.3) is 11.9 Å². The van der Waals surface area contributed by atoms with Crippen LogP contribution in [0, 0.1) is 17.3 Å².